The van der Waals surface area contributed by atoms with E-state index in [0.29, 0.717) is 10.8 Å². The Hall–Kier alpha value is -2.59. The van der Waals surface area contributed by atoms with E-state index in [1.807, 2.05) is 48.7 Å². The Balaban J connectivity index is 2.25. The van der Waals surface area contributed by atoms with Crippen molar-refractivity contribution in [3.63, 3.8) is 0 Å². The van der Waals surface area contributed by atoms with Crippen molar-refractivity contribution in [3.05, 3.63) is 70.5 Å². The number of carbonyl (C=O) groups is 1. The van der Waals surface area contributed by atoms with Gasteiger partial charge in [0.2, 0.25) is 0 Å². The second-order valence-corrected chi connectivity index (χ2v) is 5.79. The molecule has 0 bridgehead atoms. The lowest BCUT2D eigenvalue weighted by Gasteiger charge is -2.12. The fourth-order valence-corrected chi connectivity index (χ4v) is 2.59. The van der Waals surface area contributed by atoms with E-state index in [1.54, 1.807) is 18.3 Å². The molecular formula is C18H15ClN2O2. The second kappa shape index (κ2) is 5.89. The smallest absolute Gasteiger partial charge is 0.356 e. The number of imidazole rings is 1. The number of hydrogen-bond donors (Lipinski definition) is 1. The van der Waals surface area contributed by atoms with Gasteiger partial charge in [-0.15, -0.1) is 0 Å². The van der Waals surface area contributed by atoms with Gasteiger partial charge in [-0.05, 0) is 55.3 Å². The van der Waals surface area contributed by atoms with Crippen LogP contribution in [0.5, 0.6) is 0 Å². The third-order valence-electron chi connectivity index (χ3n) is 3.86. The summed E-state index contributed by atoms with van der Waals surface area (Å²) in [5, 5.41) is 9.91. The van der Waals surface area contributed by atoms with E-state index in [-0.39, 0.29) is 5.69 Å². The van der Waals surface area contributed by atoms with Gasteiger partial charge in [-0.1, -0.05) is 23.7 Å². The summed E-state index contributed by atoms with van der Waals surface area (Å²) in [4.78, 5) is 15.6. The van der Waals surface area contributed by atoms with Gasteiger partial charge < -0.3 is 5.11 Å². The molecule has 1 aromatic heterocycles. The zero-order valence-electron chi connectivity index (χ0n) is 12.7. The summed E-state index contributed by atoms with van der Waals surface area (Å²) in [6, 6.07) is 13.1. The molecule has 0 saturated carbocycles. The van der Waals surface area contributed by atoms with E-state index >= 15 is 0 Å². The fraction of sp³-hybridized carbons (Fsp3) is 0.111. The first-order valence-corrected chi connectivity index (χ1v) is 7.50. The minimum atomic E-state index is -1.05. The van der Waals surface area contributed by atoms with Gasteiger partial charge in [-0.3, -0.25) is 4.57 Å². The molecule has 0 saturated heterocycles. The van der Waals surface area contributed by atoms with E-state index in [4.69, 9.17) is 11.6 Å². The van der Waals surface area contributed by atoms with Gasteiger partial charge in [0.1, 0.15) is 5.82 Å². The fourth-order valence-electron chi connectivity index (χ4n) is 2.47. The van der Waals surface area contributed by atoms with E-state index < -0.39 is 5.97 Å². The average molecular weight is 327 g/mol. The maximum absolute atomic E-state index is 11.3. The molecule has 3 aromatic rings. The SMILES string of the molecule is Cc1cccc(-n2cc(C(=O)O)nc2-c2ccc(Cl)cc2)c1C. The van der Waals surface area contributed by atoms with Crippen LogP contribution in [0.3, 0.4) is 0 Å². The largest absolute Gasteiger partial charge is 0.476 e. The van der Waals surface area contributed by atoms with Gasteiger partial charge in [-0.2, -0.15) is 0 Å². The van der Waals surface area contributed by atoms with Crippen LogP contribution in [0.2, 0.25) is 5.02 Å². The van der Waals surface area contributed by atoms with Crippen molar-refractivity contribution < 1.29 is 9.90 Å². The quantitative estimate of drug-likeness (QED) is 0.770. The summed E-state index contributed by atoms with van der Waals surface area (Å²) in [7, 11) is 0. The Bertz CT molecular complexity index is 883. The predicted octanol–water partition coefficient (Wildman–Crippen LogP) is 4.51. The molecule has 0 radical (unpaired) electrons. The monoisotopic (exact) mass is 326 g/mol. The lowest BCUT2D eigenvalue weighted by atomic mass is 10.1. The van der Waals surface area contributed by atoms with Crippen LogP contribution < -0.4 is 0 Å². The Morgan fingerprint density at radius 2 is 1.83 bits per heavy atom. The standard InChI is InChI=1S/C18H15ClN2O2/c1-11-4-3-5-16(12(11)2)21-10-15(18(22)23)20-17(21)13-6-8-14(19)9-7-13/h3-10H,1-2H3,(H,22,23). The number of rotatable bonds is 3. The van der Waals surface area contributed by atoms with Gasteiger partial charge in [0.25, 0.3) is 0 Å². The van der Waals surface area contributed by atoms with E-state index in [0.717, 1.165) is 22.4 Å². The molecule has 0 aliphatic carbocycles. The molecule has 4 nitrogen and oxygen atoms in total. The van der Waals surface area contributed by atoms with Gasteiger partial charge in [-0.25, -0.2) is 9.78 Å². The highest BCUT2D eigenvalue weighted by molar-refractivity contribution is 6.30. The van der Waals surface area contributed by atoms with Crippen LogP contribution in [0.1, 0.15) is 21.6 Å². The summed E-state index contributed by atoms with van der Waals surface area (Å²) in [6.45, 7) is 4.03. The Labute approximate surface area is 139 Å². The molecule has 0 atom stereocenters. The van der Waals surface area contributed by atoms with Gasteiger partial charge in [0.15, 0.2) is 5.69 Å². The summed E-state index contributed by atoms with van der Waals surface area (Å²) in [6.07, 6.45) is 1.55. The van der Waals surface area contributed by atoms with Crippen molar-refractivity contribution in [2.45, 2.75) is 13.8 Å². The van der Waals surface area contributed by atoms with Gasteiger partial charge >= 0.3 is 5.97 Å². The van der Waals surface area contributed by atoms with Crippen LogP contribution in [0.25, 0.3) is 17.1 Å². The number of carboxylic acids is 1. The number of aromatic nitrogens is 2. The number of halogens is 1. The van der Waals surface area contributed by atoms with Crippen molar-refractivity contribution in [2.24, 2.45) is 0 Å². The van der Waals surface area contributed by atoms with E-state index in [9.17, 15) is 9.90 Å². The molecule has 0 amide bonds. The minimum Gasteiger partial charge on any atom is -0.476 e. The first-order chi connectivity index (χ1) is 11.0. The molecule has 23 heavy (non-hydrogen) atoms. The van der Waals surface area contributed by atoms with Crippen LogP contribution in [0.15, 0.2) is 48.7 Å². The third-order valence-corrected chi connectivity index (χ3v) is 4.12. The highest BCUT2D eigenvalue weighted by Gasteiger charge is 2.17. The zero-order valence-corrected chi connectivity index (χ0v) is 13.5. The van der Waals surface area contributed by atoms with E-state index in [1.165, 1.54) is 0 Å². The third kappa shape index (κ3) is 2.85. The Kier molecular flexibility index (Phi) is 3.92. The normalized spacial score (nSPS) is 10.7. The number of benzene rings is 2. The van der Waals surface area contributed by atoms with Crippen LogP contribution in [0.4, 0.5) is 0 Å². The van der Waals surface area contributed by atoms with Gasteiger partial charge in [0, 0.05) is 16.8 Å². The van der Waals surface area contributed by atoms with Crippen LogP contribution in [-0.4, -0.2) is 20.6 Å². The molecule has 0 aliphatic heterocycles. The highest BCUT2D eigenvalue weighted by atomic mass is 35.5. The number of aromatic carboxylic acids is 1. The first-order valence-electron chi connectivity index (χ1n) is 7.12. The zero-order chi connectivity index (χ0) is 16.6. The maximum atomic E-state index is 11.3. The van der Waals surface area contributed by atoms with Crippen molar-refractivity contribution in [2.75, 3.05) is 0 Å². The molecular weight excluding hydrogens is 312 g/mol. The van der Waals surface area contributed by atoms with Crippen LogP contribution >= 0.6 is 11.6 Å². The van der Waals surface area contributed by atoms with Crippen molar-refractivity contribution in [3.8, 4) is 17.1 Å². The summed E-state index contributed by atoms with van der Waals surface area (Å²) >= 11 is 5.94. The molecule has 1 heterocycles. The average Bonchev–Trinajstić information content (AvgIpc) is 2.96. The Morgan fingerprint density at radius 1 is 1.13 bits per heavy atom. The molecule has 3 rings (SSSR count). The van der Waals surface area contributed by atoms with Crippen LogP contribution in [-0.2, 0) is 0 Å². The number of nitrogens with zero attached hydrogens (tertiary/aromatic N) is 2. The second-order valence-electron chi connectivity index (χ2n) is 5.35. The number of carboxylic acid groups (broad SMARTS) is 1. The van der Waals surface area contributed by atoms with E-state index in [2.05, 4.69) is 4.98 Å². The molecule has 0 fully saturated rings. The van der Waals surface area contributed by atoms with Crippen molar-refractivity contribution in [1.82, 2.24) is 9.55 Å². The number of hydrogen-bond acceptors (Lipinski definition) is 2. The van der Waals surface area contributed by atoms with Crippen LogP contribution in [0, 0.1) is 13.8 Å². The maximum Gasteiger partial charge on any atom is 0.356 e. The first kappa shape index (κ1) is 15.3. The molecule has 0 aliphatic rings. The minimum absolute atomic E-state index is 0.0101. The summed E-state index contributed by atoms with van der Waals surface area (Å²) < 4.78 is 1.81. The van der Waals surface area contributed by atoms with Crippen molar-refractivity contribution in [1.29, 1.82) is 0 Å². The molecule has 1 N–H and O–H groups in total. The lowest BCUT2D eigenvalue weighted by Crippen LogP contribution is -2.00. The summed E-state index contributed by atoms with van der Waals surface area (Å²) in [5.41, 5.74) is 3.95. The number of aryl methyl sites for hydroxylation is 1. The lowest BCUT2D eigenvalue weighted by molar-refractivity contribution is 0.0691. The molecule has 2 aromatic carbocycles. The van der Waals surface area contributed by atoms with Crippen molar-refractivity contribution >= 4 is 17.6 Å². The summed E-state index contributed by atoms with van der Waals surface area (Å²) in [5.74, 6) is -0.475. The predicted molar refractivity (Wildman–Crippen MR) is 90.4 cm³/mol. The topological polar surface area (TPSA) is 55.1 Å². The molecule has 116 valence electrons. The highest BCUT2D eigenvalue weighted by Crippen LogP contribution is 2.27. The molecule has 0 unspecified atom stereocenters. The Morgan fingerprint density at radius 3 is 2.48 bits per heavy atom. The molecule has 5 heteroatoms. The molecule has 0 spiro atoms. The van der Waals surface area contributed by atoms with Gasteiger partial charge in [0.05, 0.1) is 5.69 Å².